The van der Waals surface area contributed by atoms with Crippen LogP contribution in [-0.2, 0) is 19.2 Å². The maximum atomic E-state index is 11.6. The van der Waals surface area contributed by atoms with E-state index in [9.17, 15) is 9.59 Å². The van der Waals surface area contributed by atoms with E-state index >= 15 is 0 Å². The molecule has 0 aromatic heterocycles. The predicted octanol–water partition coefficient (Wildman–Crippen LogP) is -0.103. The first-order valence-electron chi connectivity index (χ1n) is 4.73. The quantitative estimate of drug-likeness (QED) is 0.361. The van der Waals surface area contributed by atoms with Crippen molar-refractivity contribution in [3.8, 4) is 0 Å². The molecule has 3 atom stereocenters. The van der Waals surface area contributed by atoms with E-state index in [0.717, 1.165) is 0 Å². The summed E-state index contributed by atoms with van der Waals surface area (Å²) in [5.74, 6) is -0.544. The third-order valence-electron chi connectivity index (χ3n) is 2.90. The first-order valence-corrected chi connectivity index (χ1v) is 4.73. The lowest BCUT2D eigenvalue weighted by atomic mass is 10.1. The average molecular weight is 199 g/mol. The molecule has 78 valence electrons. The second-order valence-corrected chi connectivity index (χ2v) is 3.47. The number of ether oxygens (including phenoxy) is 1. The van der Waals surface area contributed by atoms with Crippen molar-refractivity contribution >= 4 is 11.8 Å². The highest BCUT2D eigenvalue weighted by atomic mass is 16.7. The molecule has 0 N–H and O–H groups in total. The summed E-state index contributed by atoms with van der Waals surface area (Å²) in [6.07, 6.45) is 1.13. The molecule has 1 heterocycles. The molecule has 0 amide bonds. The summed E-state index contributed by atoms with van der Waals surface area (Å²) < 4.78 is 4.89. The maximum absolute atomic E-state index is 11.6. The molecule has 14 heavy (non-hydrogen) atoms. The number of rotatable bonds is 3. The Hall–Kier alpha value is -0.940. The number of hydroxylamine groups is 2. The molecule has 1 aliphatic heterocycles. The second kappa shape index (κ2) is 3.03. The molecular weight excluding hydrogens is 186 g/mol. The number of hydrogen-bond acceptors (Lipinski definition) is 5. The van der Waals surface area contributed by atoms with Crippen LogP contribution in [0.1, 0.15) is 19.8 Å². The molecule has 2 aliphatic rings. The Kier molecular flexibility index (Phi) is 2.08. The van der Waals surface area contributed by atoms with Gasteiger partial charge in [-0.2, -0.15) is 5.06 Å². The van der Waals surface area contributed by atoms with Gasteiger partial charge in [0.15, 0.2) is 5.78 Å². The zero-order valence-electron chi connectivity index (χ0n) is 8.28. The number of nitrogens with zero attached hydrogens (tertiary/aromatic N) is 1. The fourth-order valence-electron chi connectivity index (χ4n) is 2.27. The summed E-state index contributed by atoms with van der Waals surface area (Å²) in [5.41, 5.74) is -1.09. The van der Waals surface area contributed by atoms with Gasteiger partial charge in [0.2, 0.25) is 5.54 Å². The lowest BCUT2D eigenvalue weighted by Crippen LogP contribution is -2.38. The summed E-state index contributed by atoms with van der Waals surface area (Å²) in [5, 5.41) is 1.44. The minimum Gasteiger partial charge on any atom is -0.464 e. The number of esters is 1. The van der Waals surface area contributed by atoms with E-state index in [1.54, 1.807) is 6.92 Å². The van der Waals surface area contributed by atoms with Crippen molar-refractivity contribution in [1.82, 2.24) is 5.06 Å². The Morgan fingerprint density at radius 3 is 2.93 bits per heavy atom. The van der Waals surface area contributed by atoms with Gasteiger partial charge in [0.05, 0.1) is 19.8 Å². The van der Waals surface area contributed by atoms with Gasteiger partial charge < -0.3 is 9.57 Å². The summed E-state index contributed by atoms with van der Waals surface area (Å²) in [6.45, 7) is 2.01. The number of carbonyl (C=O) groups is 2. The lowest BCUT2D eigenvalue weighted by molar-refractivity contribution is -0.160. The van der Waals surface area contributed by atoms with Crippen LogP contribution in [0.3, 0.4) is 0 Å². The van der Waals surface area contributed by atoms with Crippen molar-refractivity contribution in [2.24, 2.45) is 0 Å². The molecule has 1 saturated heterocycles. The Morgan fingerprint density at radius 2 is 2.43 bits per heavy atom. The van der Waals surface area contributed by atoms with E-state index < -0.39 is 11.5 Å². The highest BCUT2D eigenvalue weighted by Gasteiger charge is 2.77. The van der Waals surface area contributed by atoms with Crippen molar-refractivity contribution < 1.29 is 19.2 Å². The number of Topliss-reactive ketones (excluding diaryl/α,β-unsaturated/α-hetero) is 1. The highest BCUT2D eigenvalue weighted by Crippen LogP contribution is 2.51. The van der Waals surface area contributed by atoms with Gasteiger partial charge in [0, 0.05) is 6.42 Å². The van der Waals surface area contributed by atoms with Gasteiger partial charge >= 0.3 is 5.97 Å². The van der Waals surface area contributed by atoms with Crippen LogP contribution in [0, 0.1) is 0 Å². The lowest BCUT2D eigenvalue weighted by Gasteiger charge is -2.11. The molecular formula is C9H13NO4. The minimum absolute atomic E-state index is 0.0807. The summed E-state index contributed by atoms with van der Waals surface area (Å²) in [4.78, 5) is 28.2. The van der Waals surface area contributed by atoms with Crippen LogP contribution in [0.15, 0.2) is 0 Å². The normalized spacial score (nSPS) is 39.4. The van der Waals surface area contributed by atoms with Crippen molar-refractivity contribution in [2.45, 2.75) is 31.3 Å². The van der Waals surface area contributed by atoms with Gasteiger partial charge in [-0.1, -0.05) is 0 Å². The van der Waals surface area contributed by atoms with E-state index in [2.05, 4.69) is 0 Å². The van der Waals surface area contributed by atoms with Crippen molar-refractivity contribution in [3.63, 3.8) is 0 Å². The van der Waals surface area contributed by atoms with Gasteiger partial charge in [-0.05, 0) is 13.3 Å². The highest BCUT2D eigenvalue weighted by molar-refractivity contribution is 6.14. The van der Waals surface area contributed by atoms with Crippen LogP contribution in [0.5, 0.6) is 0 Å². The van der Waals surface area contributed by atoms with Gasteiger partial charge in [0.1, 0.15) is 0 Å². The Morgan fingerprint density at radius 1 is 1.71 bits per heavy atom. The monoisotopic (exact) mass is 199 g/mol. The molecule has 0 aromatic rings. The molecule has 1 saturated carbocycles. The SMILES string of the molecule is CCOC(=O)[C@]12C(=O)CC[C@H]1N2OC. The third kappa shape index (κ3) is 0.911. The number of ketones is 1. The van der Waals surface area contributed by atoms with E-state index in [0.29, 0.717) is 12.8 Å². The molecule has 5 nitrogen and oxygen atoms in total. The van der Waals surface area contributed by atoms with Gasteiger partial charge in [-0.15, -0.1) is 0 Å². The smallest absolute Gasteiger partial charge is 0.338 e. The van der Waals surface area contributed by atoms with Gasteiger partial charge in [-0.25, -0.2) is 4.79 Å². The average Bonchev–Trinajstić information content (AvgIpc) is 2.72. The Balaban J connectivity index is 2.21. The summed E-state index contributed by atoms with van der Waals surface area (Å²) in [6, 6.07) is -0.0981. The van der Waals surface area contributed by atoms with E-state index in [-0.39, 0.29) is 18.4 Å². The van der Waals surface area contributed by atoms with Crippen LogP contribution in [0.4, 0.5) is 0 Å². The minimum atomic E-state index is -1.09. The molecule has 0 aromatic carbocycles. The molecule has 0 radical (unpaired) electrons. The maximum Gasteiger partial charge on any atom is 0.338 e. The molecule has 0 spiro atoms. The first-order chi connectivity index (χ1) is 6.69. The largest absolute Gasteiger partial charge is 0.464 e. The Labute approximate surface area is 81.9 Å². The van der Waals surface area contributed by atoms with Crippen molar-refractivity contribution in [3.05, 3.63) is 0 Å². The fourth-order valence-corrected chi connectivity index (χ4v) is 2.27. The Bertz CT molecular complexity index is 285. The van der Waals surface area contributed by atoms with Crippen LogP contribution in [-0.4, -0.2) is 42.1 Å². The predicted molar refractivity (Wildman–Crippen MR) is 46.2 cm³/mol. The van der Waals surface area contributed by atoms with Crippen LogP contribution < -0.4 is 0 Å². The number of carbonyl (C=O) groups excluding carboxylic acids is 2. The molecule has 0 bridgehead atoms. The molecule has 5 heteroatoms. The summed E-state index contributed by atoms with van der Waals surface area (Å²) in [7, 11) is 1.46. The van der Waals surface area contributed by atoms with Gasteiger partial charge in [0.25, 0.3) is 0 Å². The fraction of sp³-hybridized carbons (Fsp3) is 0.778. The number of hydrogen-bond donors (Lipinski definition) is 0. The second-order valence-electron chi connectivity index (χ2n) is 3.47. The molecule has 2 fully saturated rings. The van der Waals surface area contributed by atoms with Crippen LogP contribution >= 0.6 is 0 Å². The topological polar surface area (TPSA) is 55.6 Å². The van der Waals surface area contributed by atoms with Crippen molar-refractivity contribution in [2.75, 3.05) is 13.7 Å². The first kappa shape index (κ1) is 9.61. The number of fused-ring (bicyclic) bond motifs is 1. The van der Waals surface area contributed by atoms with E-state index in [1.165, 1.54) is 12.2 Å². The molecule has 1 aliphatic carbocycles. The number of piperidine rings is 1. The van der Waals surface area contributed by atoms with Crippen LogP contribution in [0.25, 0.3) is 0 Å². The van der Waals surface area contributed by atoms with E-state index in [1.807, 2.05) is 0 Å². The summed E-state index contributed by atoms with van der Waals surface area (Å²) >= 11 is 0. The molecule has 2 rings (SSSR count). The van der Waals surface area contributed by atoms with E-state index in [4.69, 9.17) is 9.57 Å². The zero-order chi connectivity index (χ0) is 10.3. The molecule has 1 unspecified atom stereocenters. The van der Waals surface area contributed by atoms with Crippen molar-refractivity contribution in [1.29, 1.82) is 0 Å². The van der Waals surface area contributed by atoms with Gasteiger partial charge in [-0.3, -0.25) is 4.79 Å². The standard InChI is InChI=1S/C9H13NO4/c1-3-14-8(12)9-6(10(9)13-2)4-5-7(9)11/h6H,3-5H2,1-2H3/t6-,9-,10?/m1/s1. The third-order valence-corrected chi connectivity index (χ3v) is 2.90. The van der Waals surface area contributed by atoms with Crippen LogP contribution in [0.2, 0.25) is 0 Å². The zero-order valence-corrected chi connectivity index (χ0v) is 8.28.